The van der Waals surface area contributed by atoms with Gasteiger partial charge in [-0.3, -0.25) is 9.48 Å². The van der Waals surface area contributed by atoms with Crippen LogP contribution in [0.4, 0.5) is 4.39 Å². The van der Waals surface area contributed by atoms with Gasteiger partial charge in [0.1, 0.15) is 11.6 Å². The molecular weight excluding hydrogens is 359 g/mol. The minimum absolute atomic E-state index is 0.0744. The Balaban J connectivity index is 1.74. The molecule has 0 saturated carbocycles. The van der Waals surface area contributed by atoms with Crippen LogP contribution < -0.4 is 4.74 Å². The van der Waals surface area contributed by atoms with Gasteiger partial charge in [-0.15, -0.1) is 0 Å². The van der Waals surface area contributed by atoms with E-state index in [1.165, 1.54) is 12.1 Å². The largest absolute Gasteiger partial charge is 0.494 e. The average molecular weight is 386 g/mol. The second-order valence-electron chi connectivity index (χ2n) is 6.75. The van der Waals surface area contributed by atoms with Crippen molar-refractivity contribution in [2.45, 2.75) is 46.1 Å². The van der Waals surface area contributed by atoms with Gasteiger partial charge in [-0.2, -0.15) is 10.4 Å². The van der Waals surface area contributed by atoms with Gasteiger partial charge in [0.05, 0.1) is 31.3 Å². The lowest BCUT2D eigenvalue weighted by molar-refractivity contribution is -0.129. The Hall–Kier alpha value is -2.88. The number of aromatic nitrogens is 2. The molecule has 0 atom stereocenters. The second kappa shape index (κ2) is 10.5. The molecule has 1 amide bonds. The SMILES string of the molecule is Cc1nn(CCC#N)c(C)c1CCC(=O)N(C)CCCOc1ccc(F)cc1. The molecule has 2 aromatic rings. The van der Waals surface area contributed by atoms with Gasteiger partial charge >= 0.3 is 0 Å². The van der Waals surface area contributed by atoms with Crippen LogP contribution in [-0.4, -0.2) is 40.8 Å². The number of nitrogens with zero attached hydrogens (tertiary/aromatic N) is 4. The Kier molecular flexibility index (Phi) is 8.00. The maximum absolute atomic E-state index is 12.9. The number of benzene rings is 1. The van der Waals surface area contributed by atoms with Crippen molar-refractivity contribution in [3.63, 3.8) is 0 Å². The normalized spacial score (nSPS) is 10.5. The van der Waals surface area contributed by atoms with Crippen LogP contribution in [0.5, 0.6) is 5.75 Å². The molecule has 0 aliphatic heterocycles. The number of hydrogen-bond donors (Lipinski definition) is 0. The third kappa shape index (κ3) is 6.08. The van der Waals surface area contributed by atoms with Crippen molar-refractivity contribution in [3.05, 3.63) is 47.0 Å². The molecule has 1 aromatic carbocycles. The summed E-state index contributed by atoms with van der Waals surface area (Å²) in [6.45, 7) is 5.55. The fourth-order valence-electron chi connectivity index (χ4n) is 3.04. The molecule has 0 bridgehead atoms. The third-order valence-corrected chi connectivity index (χ3v) is 4.70. The molecular formula is C21H27FN4O2. The summed E-state index contributed by atoms with van der Waals surface area (Å²) in [7, 11) is 1.79. The first-order valence-electron chi connectivity index (χ1n) is 9.44. The van der Waals surface area contributed by atoms with Crippen molar-refractivity contribution < 1.29 is 13.9 Å². The van der Waals surface area contributed by atoms with Gasteiger partial charge in [-0.1, -0.05) is 0 Å². The number of aryl methyl sites for hydroxylation is 2. The standard InChI is InChI=1S/C21H27FN4O2/c1-16-20(17(2)26(24-16)14-4-12-23)10-11-21(27)25(3)13-5-15-28-19-8-6-18(22)7-9-19/h6-9H,4-5,10-11,13-15H2,1-3H3. The highest BCUT2D eigenvalue weighted by Gasteiger charge is 2.15. The number of carbonyl (C=O) groups is 1. The summed E-state index contributed by atoms with van der Waals surface area (Å²) in [4.78, 5) is 14.1. The van der Waals surface area contributed by atoms with E-state index in [1.807, 2.05) is 18.5 Å². The second-order valence-corrected chi connectivity index (χ2v) is 6.75. The van der Waals surface area contributed by atoms with Crippen LogP contribution in [0, 0.1) is 31.0 Å². The van der Waals surface area contributed by atoms with E-state index in [9.17, 15) is 9.18 Å². The predicted molar refractivity (Wildman–Crippen MR) is 104 cm³/mol. The van der Waals surface area contributed by atoms with E-state index in [-0.39, 0.29) is 11.7 Å². The van der Waals surface area contributed by atoms with Crippen LogP contribution in [0.3, 0.4) is 0 Å². The third-order valence-electron chi connectivity index (χ3n) is 4.70. The molecule has 0 saturated heterocycles. The minimum Gasteiger partial charge on any atom is -0.494 e. The zero-order valence-corrected chi connectivity index (χ0v) is 16.7. The maximum Gasteiger partial charge on any atom is 0.222 e. The molecule has 0 spiro atoms. The number of rotatable bonds is 10. The van der Waals surface area contributed by atoms with Gasteiger partial charge in [-0.25, -0.2) is 4.39 Å². The number of halogens is 1. The Labute approximate surface area is 165 Å². The van der Waals surface area contributed by atoms with Gasteiger partial charge in [0.15, 0.2) is 0 Å². The number of nitriles is 1. The van der Waals surface area contributed by atoms with E-state index in [2.05, 4.69) is 11.2 Å². The fourth-order valence-corrected chi connectivity index (χ4v) is 3.04. The molecule has 0 N–H and O–H groups in total. The van der Waals surface area contributed by atoms with Gasteiger partial charge in [0.25, 0.3) is 0 Å². The van der Waals surface area contributed by atoms with Crippen LogP contribution >= 0.6 is 0 Å². The minimum atomic E-state index is -0.293. The van der Waals surface area contributed by atoms with E-state index in [1.54, 1.807) is 24.1 Å². The van der Waals surface area contributed by atoms with Gasteiger partial charge in [-0.05, 0) is 56.5 Å². The van der Waals surface area contributed by atoms with Crippen molar-refractivity contribution in [3.8, 4) is 11.8 Å². The molecule has 28 heavy (non-hydrogen) atoms. The molecule has 2 rings (SSSR count). The highest BCUT2D eigenvalue weighted by Crippen LogP contribution is 2.16. The highest BCUT2D eigenvalue weighted by molar-refractivity contribution is 5.76. The van der Waals surface area contributed by atoms with Gasteiger partial charge < -0.3 is 9.64 Å². The van der Waals surface area contributed by atoms with E-state index in [4.69, 9.17) is 10.00 Å². The first-order valence-corrected chi connectivity index (χ1v) is 9.44. The summed E-state index contributed by atoms with van der Waals surface area (Å²) in [5.74, 6) is 0.402. The molecule has 0 fully saturated rings. The van der Waals surface area contributed by atoms with E-state index in [0.29, 0.717) is 51.1 Å². The molecule has 6 nitrogen and oxygen atoms in total. The van der Waals surface area contributed by atoms with Crippen LogP contribution in [0.2, 0.25) is 0 Å². The van der Waals surface area contributed by atoms with Crippen molar-refractivity contribution >= 4 is 5.91 Å². The van der Waals surface area contributed by atoms with Crippen molar-refractivity contribution in [2.75, 3.05) is 20.2 Å². The summed E-state index contributed by atoms with van der Waals surface area (Å²) in [6, 6.07) is 8.02. The number of carbonyl (C=O) groups excluding carboxylic acids is 1. The van der Waals surface area contributed by atoms with Crippen LogP contribution in [0.25, 0.3) is 0 Å². The Bertz CT molecular complexity index is 824. The molecule has 1 heterocycles. The quantitative estimate of drug-likeness (QED) is 0.587. The van der Waals surface area contributed by atoms with E-state index in [0.717, 1.165) is 17.0 Å². The number of hydrogen-bond acceptors (Lipinski definition) is 4. The smallest absolute Gasteiger partial charge is 0.222 e. The summed E-state index contributed by atoms with van der Waals surface area (Å²) < 4.78 is 20.2. The predicted octanol–water partition coefficient (Wildman–Crippen LogP) is 3.41. The summed E-state index contributed by atoms with van der Waals surface area (Å²) in [6.07, 6.45) is 2.17. The molecule has 0 aliphatic carbocycles. The zero-order valence-electron chi connectivity index (χ0n) is 16.7. The lowest BCUT2D eigenvalue weighted by Crippen LogP contribution is -2.28. The molecule has 150 valence electrons. The lowest BCUT2D eigenvalue weighted by Gasteiger charge is -2.17. The van der Waals surface area contributed by atoms with Gasteiger partial charge in [0, 0.05) is 25.7 Å². The Morgan fingerprint density at radius 3 is 2.71 bits per heavy atom. The van der Waals surface area contributed by atoms with Crippen LogP contribution in [0.1, 0.15) is 36.2 Å². The lowest BCUT2D eigenvalue weighted by atomic mass is 10.1. The number of amides is 1. The summed E-state index contributed by atoms with van der Waals surface area (Å²) in [5, 5.41) is 13.2. The van der Waals surface area contributed by atoms with Crippen molar-refractivity contribution in [1.29, 1.82) is 5.26 Å². The molecule has 1 aromatic heterocycles. The highest BCUT2D eigenvalue weighted by atomic mass is 19.1. The molecule has 0 aliphatic rings. The first-order chi connectivity index (χ1) is 13.4. The number of ether oxygens (including phenoxy) is 1. The molecule has 0 radical (unpaired) electrons. The monoisotopic (exact) mass is 386 g/mol. The summed E-state index contributed by atoms with van der Waals surface area (Å²) >= 11 is 0. The maximum atomic E-state index is 12.9. The average Bonchev–Trinajstić information content (AvgIpc) is 2.95. The van der Waals surface area contributed by atoms with Crippen molar-refractivity contribution in [2.24, 2.45) is 0 Å². The topological polar surface area (TPSA) is 71.2 Å². The first kappa shape index (κ1) is 21.4. The van der Waals surface area contributed by atoms with E-state index < -0.39 is 0 Å². The Morgan fingerprint density at radius 2 is 2.04 bits per heavy atom. The van der Waals surface area contributed by atoms with Crippen molar-refractivity contribution in [1.82, 2.24) is 14.7 Å². The van der Waals surface area contributed by atoms with E-state index >= 15 is 0 Å². The summed E-state index contributed by atoms with van der Waals surface area (Å²) in [5.41, 5.74) is 3.02. The molecule has 7 heteroatoms. The fraction of sp³-hybridized carbons (Fsp3) is 0.476. The molecule has 0 unspecified atom stereocenters. The van der Waals surface area contributed by atoms with Crippen LogP contribution in [-0.2, 0) is 17.8 Å². The zero-order chi connectivity index (χ0) is 20.5. The van der Waals surface area contributed by atoms with Gasteiger partial charge in [0.2, 0.25) is 5.91 Å². The van der Waals surface area contributed by atoms with Crippen LogP contribution in [0.15, 0.2) is 24.3 Å². The Morgan fingerprint density at radius 1 is 1.32 bits per heavy atom.